The summed E-state index contributed by atoms with van der Waals surface area (Å²) in [6, 6.07) is 5.36. The molecule has 0 spiro atoms. The summed E-state index contributed by atoms with van der Waals surface area (Å²) in [5.74, 6) is -0.502. The summed E-state index contributed by atoms with van der Waals surface area (Å²) in [6.45, 7) is 2.69. The highest BCUT2D eigenvalue weighted by Crippen LogP contribution is 2.24. The van der Waals surface area contributed by atoms with Crippen molar-refractivity contribution in [1.82, 2.24) is 4.90 Å². The molecule has 0 N–H and O–H groups in total. The van der Waals surface area contributed by atoms with Gasteiger partial charge in [0.1, 0.15) is 0 Å². The number of ether oxygens (including phenoxy) is 1. The van der Waals surface area contributed by atoms with Crippen molar-refractivity contribution in [3.63, 3.8) is 0 Å². The first kappa shape index (κ1) is 16.9. The van der Waals surface area contributed by atoms with Crippen LogP contribution in [0, 0.1) is 0 Å². The Bertz CT molecular complexity index is 493. The standard InChI is InChI=1S/C14H18ClNO3S/c1-4-16(8-7-13(17)19-2)14(18)11-9-10(20-3)5-6-12(11)15/h5-6,9H,4,7-8H2,1-3H3. The molecule has 0 aliphatic carbocycles. The van der Waals surface area contributed by atoms with Crippen LogP contribution in [0.15, 0.2) is 23.1 Å². The van der Waals surface area contributed by atoms with Gasteiger partial charge in [0.25, 0.3) is 5.91 Å². The lowest BCUT2D eigenvalue weighted by atomic mass is 10.2. The average Bonchev–Trinajstić information content (AvgIpc) is 2.47. The second kappa shape index (κ2) is 8.17. The maximum absolute atomic E-state index is 12.4. The van der Waals surface area contributed by atoms with Gasteiger partial charge in [-0.3, -0.25) is 9.59 Å². The molecule has 0 bridgehead atoms. The van der Waals surface area contributed by atoms with Crippen molar-refractivity contribution in [2.45, 2.75) is 18.2 Å². The number of benzene rings is 1. The van der Waals surface area contributed by atoms with Crippen LogP contribution in [0.25, 0.3) is 0 Å². The van der Waals surface area contributed by atoms with Crippen molar-refractivity contribution in [3.8, 4) is 0 Å². The van der Waals surface area contributed by atoms with Gasteiger partial charge in [-0.05, 0) is 31.4 Å². The van der Waals surface area contributed by atoms with Gasteiger partial charge >= 0.3 is 5.97 Å². The van der Waals surface area contributed by atoms with Gasteiger partial charge in [0.2, 0.25) is 0 Å². The van der Waals surface area contributed by atoms with E-state index in [-0.39, 0.29) is 18.3 Å². The van der Waals surface area contributed by atoms with E-state index >= 15 is 0 Å². The van der Waals surface area contributed by atoms with Crippen molar-refractivity contribution in [2.75, 3.05) is 26.5 Å². The number of hydrogen-bond acceptors (Lipinski definition) is 4. The van der Waals surface area contributed by atoms with Crippen LogP contribution in [0.2, 0.25) is 5.02 Å². The lowest BCUT2D eigenvalue weighted by molar-refractivity contribution is -0.140. The predicted octanol–water partition coefficient (Wildman–Crippen LogP) is 3.09. The number of thioether (sulfide) groups is 1. The van der Waals surface area contributed by atoms with Crippen LogP contribution >= 0.6 is 23.4 Å². The molecule has 1 amide bonds. The Morgan fingerprint density at radius 1 is 1.40 bits per heavy atom. The largest absolute Gasteiger partial charge is 0.469 e. The van der Waals surface area contributed by atoms with Crippen LogP contribution in [-0.4, -0.2) is 43.2 Å². The molecule has 110 valence electrons. The summed E-state index contributed by atoms with van der Waals surface area (Å²) >= 11 is 7.64. The zero-order chi connectivity index (χ0) is 15.1. The second-order valence-electron chi connectivity index (χ2n) is 4.06. The Kier molecular flexibility index (Phi) is 6.88. The highest BCUT2D eigenvalue weighted by molar-refractivity contribution is 7.98. The van der Waals surface area contributed by atoms with Crippen molar-refractivity contribution in [2.24, 2.45) is 0 Å². The molecule has 0 unspecified atom stereocenters. The van der Waals surface area contributed by atoms with Gasteiger partial charge in [-0.1, -0.05) is 11.6 Å². The van der Waals surface area contributed by atoms with Crippen LogP contribution in [0.5, 0.6) is 0 Å². The number of halogens is 1. The minimum atomic E-state index is -0.333. The van der Waals surface area contributed by atoms with E-state index in [1.165, 1.54) is 7.11 Å². The number of nitrogens with zero attached hydrogens (tertiary/aromatic N) is 1. The van der Waals surface area contributed by atoms with E-state index in [1.54, 1.807) is 28.8 Å². The molecule has 0 aliphatic rings. The first-order chi connectivity index (χ1) is 9.53. The van der Waals surface area contributed by atoms with Gasteiger partial charge < -0.3 is 9.64 Å². The van der Waals surface area contributed by atoms with Crippen LogP contribution < -0.4 is 0 Å². The normalized spacial score (nSPS) is 10.2. The Hall–Kier alpha value is -1.20. The third-order valence-electron chi connectivity index (χ3n) is 2.89. The molecule has 0 saturated carbocycles. The van der Waals surface area contributed by atoms with E-state index in [1.807, 2.05) is 19.2 Å². The first-order valence-electron chi connectivity index (χ1n) is 6.23. The first-order valence-corrected chi connectivity index (χ1v) is 7.83. The summed E-state index contributed by atoms with van der Waals surface area (Å²) < 4.78 is 4.58. The highest BCUT2D eigenvalue weighted by atomic mass is 35.5. The van der Waals surface area contributed by atoms with Crippen molar-refractivity contribution < 1.29 is 14.3 Å². The summed E-state index contributed by atoms with van der Waals surface area (Å²) in [5, 5.41) is 0.421. The van der Waals surface area contributed by atoms with Crippen molar-refractivity contribution in [3.05, 3.63) is 28.8 Å². The third kappa shape index (κ3) is 4.42. The van der Waals surface area contributed by atoms with Gasteiger partial charge in [-0.2, -0.15) is 0 Å². The molecule has 4 nitrogen and oxygen atoms in total. The Balaban J connectivity index is 2.87. The van der Waals surface area contributed by atoms with E-state index in [4.69, 9.17) is 11.6 Å². The molecule has 1 rings (SSSR count). The molecule has 0 aromatic heterocycles. The molecule has 1 aromatic rings. The third-order valence-corrected chi connectivity index (χ3v) is 3.94. The van der Waals surface area contributed by atoms with Gasteiger partial charge in [0.05, 0.1) is 24.1 Å². The summed E-state index contributed by atoms with van der Waals surface area (Å²) in [7, 11) is 1.33. The van der Waals surface area contributed by atoms with E-state index in [0.29, 0.717) is 23.7 Å². The summed E-state index contributed by atoms with van der Waals surface area (Å²) in [5.41, 5.74) is 0.463. The lowest BCUT2D eigenvalue weighted by Gasteiger charge is -2.21. The van der Waals surface area contributed by atoms with Gasteiger partial charge in [-0.15, -0.1) is 11.8 Å². The number of esters is 1. The molecular formula is C14H18ClNO3S. The number of rotatable bonds is 6. The maximum Gasteiger partial charge on any atom is 0.307 e. The maximum atomic E-state index is 12.4. The highest BCUT2D eigenvalue weighted by Gasteiger charge is 2.18. The van der Waals surface area contributed by atoms with Crippen LogP contribution in [0.1, 0.15) is 23.7 Å². The molecule has 6 heteroatoms. The smallest absolute Gasteiger partial charge is 0.307 e. The van der Waals surface area contributed by atoms with Gasteiger partial charge in [0.15, 0.2) is 0 Å². The topological polar surface area (TPSA) is 46.6 Å². The van der Waals surface area contributed by atoms with E-state index in [9.17, 15) is 9.59 Å². The molecule has 0 fully saturated rings. The molecule has 0 atom stereocenters. The monoisotopic (exact) mass is 315 g/mol. The van der Waals surface area contributed by atoms with Crippen molar-refractivity contribution in [1.29, 1.82) is 0 Å². The SMILES string of the molecule is CCN(CCC(=O)OC)C(=O)c1cc(SC)ccc1Cl. The number of amides is 1. The molecule has 0 saturated heterocycles. The summed E-state index contributed by atoms with van der Waals surface area (Å²) in [6.07, 6.45) is 2.11. The molecular weight excluding hydrogens is 298 g/mol. The van der Waals surface area contributed by atoms with E-state index in [2.05, 4.69) is 4.74 Å². The number of carbonyl (C=O) groups is 2. The summed E-state index contributed by atoms with van der Waals surface area (Å²) in [4.78, 5) is 26.2. The van der Waals surface area contributed by atoms with E-state index in [0.717, 1.165) is 4.90 Å². The molecule has 0 radical (unpaired) electrons. The zero-order valence-electron chi connectivity index (χ0n) is 11.8. The average molecular weight is 316 g/mol. The van der Waals surface area contributed by atoms with Crippen LogP contribution in [-0.2, 0) is 9.53 Å². The predicted molar refractivity (Wildman–Crippen MR) is 81.4 cm³/mol. The fraction of sp³-hybridized carbons (Fsp3) is 0.429. The lowest BCUT2D eigenvalue weighted by Crippen LogP contribution is -2.33. The number of carbonyl (C=O) groups excluding carboxylic acids is 2. The fourth-order valence-electron chi connectivity index (χ4n) is 1.70. The molecule has 1 aromatic carbocycles. The van der Waals surface area contributed by atoms with Crippen molar-refractivity contribution >= 4 is 35.2 Å². The fourth-order valence-corrected chi connectivity index (χ4v) is 2.34. The Morgan fingerprint density at radius 3 is 2.65 bits per heavy atom. The minimum Gasteiger partial charge on any atom is -0.469 e. The molecule has 20 heavy (non-hydrogen) atoms. The van der Waals surface area contributed by atoms with E-state index < -0.39 is 0 Å². The second-order valence-corrected chi connectivity index (χ2v) is 5.34. The Morgan fingerprint density at radius 2 is 2.10 bits per heavy atom. The van der Waals surface area contributed by atoms with Gasteiger partial charge in [0, 0.05) is 18.0 Å². The zero-order valence-corrected chi connectivity index (χ0v) is 13.4. The number of hydrogen-bond donors (Lipinski definition) is 0. The van der Waals surface area contributed by atoms with Crippen LogP contribution in [0.4, 0.5) is 0 Å². The van der Waals surface area contributed by atoms with Gasteiger partial charge in [-0.25, -0.2) is 0 Å². The Labute approximate surface area is 128 Å². The van der Waals surface area contributed by atoms with Crippen LogP contribution in [0.3, 0.4) is 0 Å². The number of methoxy groups -OCH3 is 1. The minimum absolute atomic E-state index is 0.169. The molecule has 0 heterocycles. The quantitative estimate of drug-likeness (QED) is 0.598. The molecule has 0 aliphatic heterocycles.